The van der Waals surface area contributed by atoms with Gasteiger partial charge in [0.05, 0.1) is 5.41 Å². The molecule has 0 saturated heterocycles. The SMILES string of the molecule is CCC(CC)(CC(=O)Nc1ccc(C(=O)NCC(C)C)cc1)C(=O)O. The molecule has 0 spiro atoms. The fourth-order valence-electron chi connectivity index (χ4n) is 2.49. The normalized spacial score (nSPS) is 11.2. The van der Waals surface area contributed by atoms with Crippen LogP contribution in [0, 0.1) is 11.3 Å². The molecule has 0 aliphatic heterocycles. The van der Waals surface area contributed by atoms with Crippen molar-refractivity contribution in [3.05, 3.63) is 29.8 Å². The van der Waals surface area contributed by atoms with E-state index in [1.165, 1.54) is 0 Å². The molecule has 1 rings (SSSR count). The second kappa shape index (κ2) is 9.20. The van der Waals surface area contributed by atoms with Crippen LogP contribution in [0.2, 0.25) is 0 Å². The van der Waals surface area contributed by atoms with Crippen LogP contribution in [-0.4, -0.2) is 29.4 Å². The number of anilines is 1. The lowest BCUT2D eigenvalue weighted by molar-refractivity contribution is -0.151. The van der Waals surface area contributed by atoms with Gasteiger partial charge in [0.25, 0.3) is 5.91 Å². The van der Waals surface area contributed by atoms with Gasteiger partial charge >= 0.3 is 5.97 Å². The van der Waals surface area contributed by atoms with Gasteiger partial charge < -0.3 is 15.7 Å². The van der Waals surface area contributed by atoms with E-state index in [0.717, 1.165) is 0 Å². The molecule has 0 saturated carbocycles. The van der Waals surface area contributed by atoms with E-state index in [1.807, 2.05) is 13.8 Å². The third kappa shape index (κ3) is 5.89. The molecule has 25 heavy (non-hydrogen) atoms. The van der Waals surface area contributed by atoms with E-state index < -0.39 is 11.4 Å². The molecular weight excluding hydrogens is 320 g/mol. The minimum atomic E-state index is -1.04. The van der Waals surface area contributed by atoms with E-state index in [2.05, 4.69) is 10.6 Å². The average molecular weight is 348 g/mol. The maximum Gasteiger partial charge on any atom is 0.310 e. The van der Waals surface area contributed by atoms with Gasteiger partial charge in [0, 0.05) is 24.2 Å². The number of nitrogens with one attached hydrogen (secondary N) is 2. The van der Waals surface area contributed by atoms with Crippen LogP contribution in [0.3, 0.4) is 0 Å². The third-order valence-electron chi connectivity index (χ3n) is 4.41. The number of carbonyl (C=O) groups is 3. The lowest BCUT2D eigenvalue weighted by Crippen LogP contribution is -2.34. The summed E-state index contributed by atoms with van der Waals surface area (Å²) in [6.07, 6.45) is 0.703. The molecule has 138 valence electrons. The highest BCUT2D eigenvalue weighted by molar-refractivity contribution is 5.96. The third-order valence-corrected chi connectivity index (χ3v) is 4.41. The first-order valence-electron chi connectivity index (χ1n) is 8.65. The van der Waals surface area contributed by atoms with Gasteiger partial charge in [-0.15, -0.1) is 0 Å². The van der Waals surface area contributed by atoms with E-state index >= 15 is 0 Å². The molecule has 0 heterocycles. The molecule has 0 bridgehead atoms. The number of rotatable bonds is 9. The van der Waals surface area contributed by atoms with Crippen LogP contribution in [-0.2, 0) is 9.59 Å². The van der Waals surface area contributed by atoms with Gasteiger partial charge in [0.15, 0.2) is 0 Å². The van der Waals surface area contributed by atoms with Crippen LogP contribution in [0.4, 0.5) is 5.69 Å². The topological polar surface area (TPSA) is 95.5 Å². The van der Waals surface area contributed by atoms with Crippen LogP contribution in [0.1, 0.15) is 57.3 Å². The Balaban J connectivity index is 2.70. The van der Waals surface area contributed by atoms with Crippen LogP contribution < -0.4 is 10.6 Å². The second-order valence-corrected chi connectivity index (χ2v) is 6.70. The van der Waals surface area contributed by atoms with Crippen LogP contribution in [0.25, 0.3) is 0 Å². The summed E-state index contributed by atoms with van der Waals surface area (Å²) in [7, 11) is 0. The van der Waals surface area contributed by atoms with Crippen LogP contribution in [0.5, 0.6) is 0 Å². The number of benzene rings is 1. The number of carboxylic acid groups (broad SMARTS) is 1. The van der Waals surface area contributed by atoms with Crippen molar-refractivity contribution in [3.8, 4) is 0 Å². The standard InChI is InChI=1S/C19H28N2O4/c1-5-19(6-2,18(24)25)11-16(22)21-15-9-7-14(8-10-15)17(23)20-12-13(3)4/h7-10,13H,5-6,11-12H2,1-4H3,(H,20,23)(H,21,22)(H,24,25). The van der Waals surface area contributed by atoms with E-state index in [1.54, 1.807) is 38.1 Å². The van der Waals surface area contributed by atoms with E-state index in [-0.39, 0.29) is 18.2 Å². The minimum absolute atomic E-state index is 0.0774. The Hall–Kier alpha value is -2.37. The highest BCUT2D eigenvalue weighted by Gasteiger charge is 2.37. The molecule has 0 aliphatic carbocycles. The summed E-state index contributed by atoms with van der Waals surface area (Å²) in [5.74, 6) is -1.09. The first kappa shape index (κ1) is 20.7. The molecule has 0 radical (unpaired) electrons. The maximum absolute atomic E-state index is 12.2. The van der Waals surface area contributed by atoms with Crippen molar-refractivity contribution in [1.82, 2.24) is 5.32 Å². The van der Waals surface area contributed by atoms with Crippen LogP contribution >= 0.6 is 0 Å². The molecule has 0 fully saturated rings. The quantitative estimate of drug-likeness (QED) is 0.638. The number of hydrogen-bond acceptors (Lipinski definition) is 3. The maximum atomic E-state index is 12.2. The van der Waals surface area contributed by atoms with Crippen molar-refractivity contribution in [2.45, 2.75) is 47.0 Å². The van der Waals surface area contributed by atoms with E-state index in [4.69, 9.17) is 0 Å². The Kier molecular flexibility index (Phi) is 7.61. The number of carbonyl (C=O) groups excluding carboxylic acids is 2. The van der Waals surface area contributed by atoms with E-state index in [9.17, 15) is 19.5 Å². The Bertz CT molecular complexity index is 604. The zero-order valence-corrected chi connectivity index (χ0v) is 15.4. The Morgan fingerprint density at radius 3 is 2.08 bits per heavy atom. The molecular formula is C19H28N2O4. The highest BCUT2D eigenvalue weighted by Crippen LogP contribution is 2.31. The van der Waals surface area contributed by atoms with Crippen molar-refractivity contribution in [3.63, 3.8) is 0 Å². The first-order valence-corrected chi connectivity index (χ1v) is 8.65. The molecule has 0 unspecified atom stereocenters. The lowest BCUT2D eigenvalue weighted by Gasteiger charge is -2.25. The summed E-state index contributed by atoms with van der Waals surface area (Å²) in [5.41, 5.74) is 0.0124. The zero-order valence-electron chi connectivity index (χ0n) is 15.4. The number of hydrogen-bond donors (Lipinski definition) is 3. The molecule has 0 atom stereocenters. The number of carboxylic acids is 1. The monoisotopic (exact) mass is 348 g/mol. The lowest BCUT2D eigenvalue weighted by atomic mass is 9.79. The zero-order chi connectivity index (χ0) is 19.0. The van der Waals surface area contributed by atoms with Gasteiger partial charge in [-0.1, -0.05) is 27.7 Å². The summed E-state index contributed by atoms with van der Waals surface area (Å²) in [6.45, 7) is 8.18. The molecule has 0 aliphatic rings. The van der Waals surface area contributed by atoms with Crippen molar-refractivity contribution >= 4 is 23.5 Å². The largest absolute Gasteiger partial charge is 0.481 e. The molecule has 2 amide bonds. The highest BCUT2D eigenvalue weighted by atomic mass is 16.4. The second-order valence-electron chi connectivity index (χ2n) is 6.70. The van der Waals surface area contributed by atoms with Crippen molar-refractivity contribution in [1.29, 1.82) is 0 Å². The molecule has 3 N–H and O–H groups in total. The molecule has 6 heteroatoms. The fourth-order valence-corrected chi connectivity index (χ4v) is 2.49. The Labute approximate surface area is 149 Å². The van der Waals surface area contributed by atoms with Gasteiger partial charge in [-0.05, 0) is 43.0 Å². The molecule has 0 aromatic heterocycles. The fraction of sp³-hybridized carbons (Fsp3) is 0.526. The Morgan fingerprint density at radius 1 is 1.08 bits per heavy atom. The Morgan fingerprint density at radius 2 is 1.64 bits per heavy atom. The summed E-state index contributed by atoms with van der Waals surface area (Å²) < 4.78 is 0. The first-order chi connectivity index (χ1) is 11.7. The molecule has 1 aromatic rings. The summed E-state index contributed by atoms with van der Waals surface area (Å²) in [4.78, 5) is 35.6. The van der Waals surface area contributed by atoms with Gasteiger partial charge in [0.1, 0.15) is 0 Å². The average Bonchev–Trinajstić information content (AvgIpc) is 2.58. The van der Waals surface area contributed by atoms with Crippen molar-refractivity contribution in [2.75, 3.05) is 11.9 Å². The smallest absolute Gasteiger partial charge is 0.310 e. The predicted octanol–water partition coefficient (Wildman–Crippen LogP) is 3.29. The summed E-state index contributed by atoms with van der Waals surface area (Å²) in [5, 5.41) is 14.9. The molecule has 1 aromatic carbocycles. The summed E-state index contributed by atoms with van der Waals surface area (Å²) in [6, 6.07) is 6.55. The van der Waals surface area contributed by atoms with Crippen LogP contribution in [0.15, 0.2) is 24.3 Å². The summed E-state index contributed by atoms with van der Waals surface area (Å²) >= 11 is 0. The number of amides is 2. The number of aliphatic carboxylic acids is 1. The van der Waals surface area contributed by atoms with Gasteiger partial charge in [-0.25, -0.2) is 0 Å². The van der Waals surface area contributed by atoms with Gasteiger partial charge in [0.2, 0.25) is 5.91 Å². The van der Waals surface area contributed by atoms with Gasteiger partial charge in [-0.2, -0.15) is 0 Å². The van der Waals surface area contributed by atoms with E-state index in [0.29, 0.717) is 36.6 Å². The predicted molar refractivity (Wildman–Crippen MR) is 97.5 cm³/mol. The minimum Gasteiger partial charge on any atom is -0.481 e. The van der Waals surface area contributed by atoms with Gasteiger partial charge in [-0.3, -0.25) is 14.4 Å². The molecule has 6 nitrogen and oxygen atoms in total. The van der Waals surface area contributed by atoms with Crippen molar-refractivity contribution < 1.29 is 19.5 Å². The van der Waals surface area contributed by atoms with Crippen molar-refractivity contribution in [2.24, 2.45) is 11.3 Å².